The van der Waals surface area contributed by atoms with E-state index in [1.54, 1.807) is 0 Å². The third kappa shape index (κ3) is 8.53. The lowest BCUT2D eigenvalue weighted by atomic mass is 11.8. The van der Waals surface area contributed by atoms with Crippen molar-refractivity contribution in [2.75, 3.05) is 0 Å². The van der Waals surface area contributed by atoms with E-state index in [0.29, 0.717) is 0 Å². The maximum absolute atomic E-state index is 4.70. The Hall–Kier alpha value is 0.534. The van der Waals surface area contributed by atoms with Gasteiger partial charge < -0.3 is 4.41 Å². The molecule has 0 N–H and O–H groups in total. The summed E-state index contributed by atoms with van der Waals surface area (Å²) in [6.45, 7) is 14.0. The molecule has 0 heterocycles. The monoisotopic (exact) mass is 191 g/mol. The molecule has 0 atom stereocenters. The van der Waals surface area contributed by atoms with Crippen LogP contribution in [0.25, 0.3) is 0 Å². The number of rotatable bonds is 2. The fourth-order valence-electron chi connectivity index (χ4n) is 0.300. The summed E-state index contributed by atoms with van der Waals surface area (Å²) in [7, 11) is -0.654. The molecule has 4 heteroatoms. The van der Waals surface area contributed by atoms with E-state index in [4.69, 9.17) is 4.41 Å². The molecule has 0 spiro atoms. The summed E-state index contributed by atoms with van der Waals surface area (Å²) in [4.78, 5) is 0. The van der Waals surface area contributed by atoms with Gasteiger partial charge in [0.25, 0.3) is 0 Å². The van der Waals surface area contributed by atoms with Gasteiger partial charge in [0.2, 0.25) is 0 Å². The third-order valence-electron chi connectivity index (χ3n) is 0.650. The van der Waals surface area contributed by atoms with Crippen LogP contribution in [-0.4, -0.2) is 16.0 Å². The van der Waals surface area contributed by atoms with Crippen LogP contribution in [0.2, 0.25) is 39.3 Å². The van der Waals surface area contributed by atoms with Gasteiger partial charge in [-0.3, -0.25) is 0 Å². The van der Waals surface area contributed by atoms with Crippen LogP contribution in [0.5, 0.6) is 0 Å². The molecule has 0 aliphatic heterocycles. The van der Waals surface area contributed by atoms with E-state index in [1.807, 2.05) is 0 Å². The Morgan fingerprint density at radius 1 is 0.900 bits per heavy atom. The zero-order chi connectivity index (χ0) is 8.41. The quantitative estimate of drug-likeness (QED) is 0.465. The fourth-order valence-corrected chi connectivity index (χ4v) is 8.10. The van der Waals surface area contributed by atoms with E-state index in [0.717, 1.165) is 0 Å². The molecule has 0 saturated carbocycles. The van der Waals surface area contributed by atoms with Gasteiger partial charge in [-0.15, -0.1) is 0 Å². The molecule has 0 aliphatic rings. The summed E-state index contributed by atoms with van der Waals surface area (Å²) < 4.78 is 4.70. The normalized spacial score (nSPS) is 14.6. The minimum Gasteiger partial charge on any atom is -0.312 e. The first-order chi connectivity index (χ1) is 4.21. The van der Waals surface area contributed by atoms with Crippen LogP contribution in [-0.2, 0) is 0 Å². The van der Waals surface area contributed by atoms with Gasteiger partial charge >= 0.3 is 0 Å². The minimum atomic E-state index is -1.12. The van der Waals surface area contributed by atoms with Crippen LogP contribution >= 0.6 is 7.92 Å². The van der Waals surface area contributed by atoms with Gasteiger partial charge in [0, 0.05) is 0 Å². The van der Waals surface area contributed by atoms with Crippen LogP contribution < -0.4 is 0 Å². The Bertz CT molecular complexity index is 116. The molecule has 0 aromatic heterocycles. The Labute approximate surface area is 68.1 Å². The van der Waals surface area contributed by atoms with Crippen LogP contribution in [0, 0.1) is 0 Å². The summed E-state index contributed by atoms with van der Waals surface area (Å²) in [5.41, 5.74) is 0. The van der Waals surface area contributed by atoms with Gasteiger partial charge in [0.1, 0.15) is 7.74 Å². The second kappa shape index (κ2) is 3.29. The van der Waals surface area contributed by atoms with Crippen molar-refractivity contribution < 1.29 is 0 Å². The Morgan fingerprint density at radius 3 is 1.40 bits per heavy atom. The van der Waals surface area contributed by atoms with Gasteiger partial charge in [-0.1, -0.05) is 19.6 Å². The second-order valence-corrected chi connectivity index (χ2v) is 18.8. The molecule has 0 amide bonds. The molecule has 0 saturated heterocycles. The zero-order valence-electron chi connectivity index (χ0n) is 7.89. The van der Waals surface area contributed by atoms with Crippen molar-refractivity contribution >= 4 is 23.9 Å². The van der Waals surface area contributed by atoms with E-state index in [1.165, 1.54) is 7.92 Å². The van der Waals surface area contributed by atoms with E-state index in [9.17, 15) is 0 Å². The lowest BCUT2D eigenvalue weighted by molar-refractivity contribution is 1.61. The minimum absolute atomic E-state index is 0.927. The molecule has 0 aromatic carbocycles. The van der Waals surface area contributed by atoms with E-state index >= 15 is 0 Å². The van der Waals surface area contributed by atoms with Crippen molar-refractivity contribution in [2.24, 2.45) is 4.41 Å². The highest BCUT2D eigenvalue weighted by Crippen LogP contribution is 2.22. The van der Waals surface area contributed by atoms with Gasteiger partial charge in [-0.05, 0) is 27.6 Å². The molecular formula is C6H18NPSi2. The second-order valence-electron chi connectivity index (χ2n) is 4.54. The van der Waals surface area contributed by atoms with E-state index < -0.39 is 16.0 Å². The summed E-state index contributed by atoms with van der Waals surface area (Å²) in [6.07, 6.45) is 0. The van der Waals surface area contributed by atoms with Gasteiger partial charge in [0.05, 0.1) is 0 Å². The third-order valence-corrected chi connectivity index (χ3v) is 6.75. The molecule has 0 rings (SSSR count). The Morgan fingerprint density at radius 2 is 1.30 bits per heavy atom. The first-order valence-electron chi connectivity index (χ1n) is 3.65. The number of nitrogens with zero attached hydrogens (tertiary/aromatic N) is 1. The first kappa shape index (κ1) is 10.5. The molecule has 1 nitrogen and oxygen atoms in total. The van der Waals surface area contributed by atoms with Crippen molar-refractivity contribution in [1.82, 2.24) is 0 Å². The average molecular weight is 191 g/mol. The smallest absolute Gasteiger partial charge is 0.177 e. The van der Waals surface area contributed by atoms with Crippen molar-refractivity contribution in [3.05, 3.63) is 0 Å². The first-order valence-corrected chi connectivity index (χ1v) is 12.3. The summed E-state index contributed by atoms with van der Waals surface area (Å²) in [5.74, 6) is 0. The summed E-state index contributed by atoms with van der Waals surface area (Å²) in [5, 5.41) is 0. The molecular weight excluding hydrogens is 173 g/mol. The molecule has 0 fully saturated rings. The fraction of sp³-hybridized carbons (Fsp3) is 1.00. The maximum atomic E-state index is 4.70. The molecule has 0 radical (unpaired) electrons. The lowest BCUT2D eigenvalue weighted by Gasteiger charge is -2.12. The predicted molar refractivity (Wildman–Crippen MR) is 56.0 cm³/mol. The van der Waals surface area contributed by atoms with Crippen LogP contribution in [0.4, 0.5) is 0 Å². The van der Waals surface area contributed by atoms with E-state index in [2.05, 4.69) is 39.3 Å². The highest BCUT2D eigenvalue weighted by atomic mass is 31.3. The molecule has 0 unspecified atom stereocenters. The van der Waals surface area contributed by atoms with Crippen LogP contribution in [0.1, 0.15) is 0 Å². The largest absolute Gasteiger partial charge is 0.312 e. The highest BCUT2D eigenvalue weighted by molar-refractivity contribution is 7.75. The Kier molecular flexibility index (Phi) is 3.46. The SMILES string of the molecule is C[Si](C)(C)N=P[Si](C)(C)C. The van der Waals surface area contributed by atoms with Crippen molar-refractivity contribution in [3.8, 4) is 0 Å². The average Bonchev–Trinajstić information content (AvgIpc) is 1.57. The lowest BCUT2D eigenvalue weighted by Crippen LogP contribution is -2.16. The number of hydrogen-bond acceptors (Lipinski definition) is 1. The molecule has 0 bridgehead atoms. The van der Waals surface area contributed by atoms with E-state index in [-0.39, 0.29) is 0 Å². The predicted octanol–water partition coefficient (Wildman–Crippen LogP) is 3.79. The summed E-state index contributed by atoms with van der Waals surface area (Å²) in [6, 6.07) is 0. The maximum Gasteiger partial charge on any atom is 0.177 e. The molecule has 10 heavy (non-hydrogen) atoms. The van der Waals surface area contributed by atoms with Gasteiger partial charge in [-0.25, -0.2) is 0 Å². The van der Waals surface area contributed by atoms with Crippen LogP contribution in [0.3, 0.4) is 0 Å². The Balaban J connectivity index is 4.01. The molecule has 60 valence electrons. The van der Waals surface area contributed by atoms with Crippen LogP contribution in [0.15, 0.2) is 4.41 Å². The van der Waals surface area contributed by atoms with Gasteiger partial charge in [-0.2, -0.15) is 0 Å². The summed E-state index contributed by atoms with van der Waals surface area (Å²) >= 11 is 0. The molecule has 0 aromatic rings. The van der Waals surface area contributed by atoms with Crippen molar-refractivity contribution in [3.63, 3.8) is 0 Å². The van der Waals surface area contributed by atoms with Crippen molar-refractivity contribution in [1.29, 1.82) is 0 Å². The number of hydrogen-bond donors (Lipinski definition) is 0. The van der Waals surface area contributed by atoms with Crippen molar-refractivity contribution in [2.45, 2.75) is 39.3 Å². The zero-order valence-corrected chi connectivity index (χ0v) is 10.8. The highest BCUT2D eigenvalue weighted by Gasteiger charge is 2.15. The topological polar surface area (TPSA) is 12.4 Å². The molecule has 0 aliphatic carbocycles. The van der Waals surface area contributed by atoms with Gasteiger partial charge in [0.15, 0.2) is 8.24 Å². The standard InChI is InChI=1S/C6H18NPSi2/c1-9(2,3)7-8-10(4,5)6/h1-6H3.